The van der Waals surface area contributed by atoms with Crippen molar-refractivity contribution < 1.29 is 34.9 Å². The van der Waals surface area contributed by atoms with Crippen LogP contribution in [0.5, 0.6) is 0 Å². The highest BCUT2D eigenvalue weighted by Gasteiger charge is 2.38. The van der Waals surface area contributed by atoms with Gasteiger partial charge in [0.05, 0.1) is 26.8 Å². The van der Waals surface area contributed by atoms with Crippen molar-refractivity contribution in [2.75, 3.05) is 9.46 Å². The third kappa shape index (κ3) is 4.62. The van der Waals surface area contributed by atoms with Crippen LogP contribution in [0.25, 0.3) is 0 Å². The first kappa shape index (κ1) is 22.9. The van der Waals surface area contributed by atoms with Crippen molar-refractivity contribution >= 4 is 43.0 Å². The third-order valence-corrected chi connectivity index (χ3v) is 8.16. The first-order valence-electron chi connectivity index (χ1n) is 7.61. The van der Waals surface area contributed by atoms with E-state index in [1.54, 1.807) is 0 Å². The van der Waals surface area contributed by atoms with E-state index in [1.165, 1.54) is 0 Å². The van der Waals surface area contributed by atoms with Crippen molar-refractivity contribution in [3.63, 3.8) is 0 Å². The smallest absolute Gasteiger partial charge is 0.258 e. The number of rotatable bonds is 6. The van der Waals surface area contributed by atoms with Crippen LogP contribution in [0.1, 0.15) is 12.5 Å². The van der Waals surface area contributed by atoms with E-state index in [9.17, 15) is 40.1 Å². The van der Waals surface area contributed by atoms with Crippen LogP contribution in [-0.4, -0.2) is 27.5 Å². The lowest BCUT2D eigenvalue weighted by atomic mass is 10.2. The number of hydrogen-bond donors (Lipinski definition) is 0. The molecule has 0 saturated carbocycles. The van der Waals surface area contributed by atoms with E-state index >= 15 is 0 Å². The number of nitrogens with zero attached hydrogens (tertiary/aromatic N) is 2. The summed E-state index contributed by atoms with van der Waals surface area (Å²) in [6.07, 6.45) is -4.86. The summed E-state index contributed by atoms with van der Waals surface area (Å²) in [5.41, 5.74) is -2.88. The molecule has 8 nitrogen and oxygen atoms in total. The molecule has 0 saturated heterocycles. The van der Waals surface area contributed by atoms with Crippen LogP contribution < -0.4 is 3.71 Å². The second kappa shape index (κ2) is 7.80. The molecule has 0 atom stereocenters. The summed E-state index contributed by atoms with van der Waals surface area (Å²) in [6, 6.07) is 4.92. The fourth-order valence-electron chi connectivity index (χ4n) is 2.25. The lowest BCUT2D eigenvalue weighted by molar-refractivity contribution is -0.384. The first-order valence-corrected chi connectivity index (χ1v) is 11.0. The van der Waals surface area contributed by atoms with Crippen LogP contribution in [0.4, 0.5) is 24.5 Å². The molecule has 158 valence electrons. The molecule has 0 radical (unpaired) electrons. The Hall–Kier alpha value is -2.38. The Kier molecular flexibility index (Phi) is 6.16. The number of hydrogen-bond acceptors (Lipinski definition) is 6. The molecule has 2 aromatic rings. The van der Waals surface area contributed by atoms with Crippen LogP contribution in [0.3, 0.4) is 0 Å². The van der Waals surface area contributed by atoms with Gasteiger partial charge in [0.25, 0.3) is 15.7 Å². The molecular weight excluding hydrogens is 461 g/mol. The second-order valence-corrected chi connectivity index (χ2v) is 10.1. The molecule has 0 N–H and O–H groups in total. The largest absolute Gasteiger partial charge is 0.416 e. The number of sulfonamides is 2. The summed E-state index contributed by atoms with van der Waals surface area (Å²) in [5.74, 6) is -0.766. The topological polar surface area (TPSA) is 115 Å². The fraction of sp³-hybridized carbons (Fsp3) is 0.200. The van der Waals surface area contributed by atoms with Crippen molar-refractivity contribution in [1.82, 2.24) is 0 Å². The Labute approximate surface area is 168 Å². The second-order valence-electron chi connectivity index (χ2n) is 5.52. The zero-order valence-corrected chi connectivity index (χ0v) is 16.8. The highest BCUT2D eigenvalue weighted by Crippen LogP contribution is 2.35. The molecule has 29 heavy (non-hydrogen) atoms. The summed E-state index contributed by atoms with van der Waals surface area (Å²) in [7, 11) is -9.69. The molecule has 0 amide bonds. The molecule has 0 fully saturated rings. The molecule has 0 aliphatic heterocycles. The van der Waals surface area contributed by atoms with Crippen LogP contribution in [0.2, 0.25) is 5.02 Å². The van der Waals surface area contributed by atoms with Crippen LogP contribution in [0.15, 0.2) is 47.4 Å². The van der Waals surface area contributed by atoms with Gasteiger partial charge in [-0.1, -0.05) is 17.7 Å². The van der Waals surface area contributed by atoms with E-state index in [0.29, 0.717) is 18.2 Å². The standard InChI is InChI=1S/C15H12ClF3N2O6S2/c1-2-28(24,25)21(11-5-3-4-10(8-11)15(17,18)19)29(26,27)12-6-7-13(16)14(9-12)20(22)23/h3-9H,2H2,1H3. The first-order chi connectivity index (χ1) is 13.2. The molecule has 0 aromatic heterocycles. The minimum Gasteiger partial charge on any atom is -0.258 e. The van der Waals surface area contributed by atoms with Crippen molar-refractivity contribution in [3.8, 4) is 0 Å². The molecule has 14 heteroatoms. The molecule has 2 rings (SSSR count). The molecule has 0 spiro atoms. The van der Waals surface area contributed by atoms with Crippen molar-refractivity contribution in [2.24, 2.45) is 0 Å². The van der Waals surface area contributed by atoms with Gasteiger partial charge in [-0.25, -0.2) is 16.8 Å². The summed E-state index contributed by atoms with van der Waals surface area (Å²) in [6.45, 7) is 1.09. The Balaban J connectivity index is 2.78. The molecule has 0 bridgehead atoms. The maximum absolute atomic E-state index is 13.0. The number of nitro benzene ring substituents is 1. The summed E-state index contributed by atoms with van der Waals surface area (Å²) in [5, 5.41) is 10.6. The van der Waals surface area contributed by atoms with Gasteiger partial charge in [-0.15, -0.1) is 0 Å². The van der Waals surface area contributed by atoms with E-state index in [2.05, 4.69) is 0 Å². The molecule has 0 aliphatic carbocycles. The van der Waals surface area contributed by atoms with Gasteiger partial charge in [0.1, 0.15) is 5.02 Å². The van der Waals surface area contributed by atoms with E-state index in [-0.39, 0.29) is 3.71 Å². The molecule has 0 unspecified atom stereocenters. The van der Waals surface area contributed by atoms with E-state index < -0.39 is 63.8 Å². The summed E-state index contributed by atoms with van der Waals surface area (Å²) >= 11 is 5.63. The number of halogens is 4. The summed E-state index contributed by atoms with van der Waals surface area (Å²) in [4.78, 5) is 9.21. The van der Waals surface area contributed by atoms with Crippen molar-refractivity contribution in [2.45, 2.75) is 18.0 Å². The van der Waals surface area contributed by atoms with E-state index in [4.69, 9.17) is 11.6 Å². The van der Waals surface area contributed by atoms with Crippen molar-refractivity contribution in [1.29, 1.82) is 0 Å². The van der Waals surface area contributed by atoms with Gasteiger partial charge >= 0.3 is 6.18 Å². The highest BCUT2D eigenvalue weighted by atomic mass is 35.5. The lowest BCUT2D eigenvalue weighted by Crippen LogP contribution is -2.38. The molecule has 2 aromatic carbocycles. The third-order valence-electron chi connectivity index (χ3n) is 3.63. The predicted molar refractivity (Wildman–Crippen MR) is 98.7 cm³/mol. The fourth-order valence-corrected chi connectivity index (χ4v) is 5.96. The number of nitro groups is 1. The predicted octanol–water partition coefficient (Wildman–Crippen LogP) is 3.81. The van der Waals surface area contributed by atoms with Crippen LogP contribution >= 0.6 is 11.6 Å². The van der Waals surface area contributed by atoms with Gasteiger partial charge in [0, 0.05) is 6.07 Å². The Morgan fingerprint density at radius 3 is 2.24 bits per heavy atom. The molecular formula is C15H12ClF3N2O6S2. The zero-order valence-electron chi connectivity index (χ0n) is 14.4. The zero-order chi connectivity index (χ0) is 22.2. The Morgan fingerprint density at radius 1 is 1.10 bits per heavy atom. The van der Waals surface area contributed by atoms with Gasteiger partial charge in [0.15, 0.2) is 0 Å². The van der Waals surface area contributed by atoms with E-state index in [1.807, 2.05) is 0 Å². The molecule has 0 aliphatic rings. The average molecular weight is 473 g/mol. The lowest BCUT2D eigenvalue weighted by Gasteiger charge is -2.24. The maximum atomic E-state index is 13.0. The minimum atomic E-state index is -5.04. The number of benzene rings is 2. The van der Waals surface area contributed by atoms with Gasteiger partial charge in [0.2, 0.25) is 10.0 Å². The van der Waals surface area contributed by atoms with Crippen LogP contribution in [-0.2, 0) is 26.2 Å². The van der Waals surface area contributed by atoms with Gasteiger partial charge in [-0.3, -0.25) is 10.1 Å². The number of alkyl halides is 3. The Morgan fingerprint density at radius 2 is 1.72 bits per heavy atom. The quantitative estimate of drug-likeness (QED) is 0.466. The summed E-state index contributed by atoms with van der Waals surface area (Å²) < 4.78 is 89.8. The van der Waals surface area contributed by atoms with Gasteiger partial charge in [-0.05, 0) is 37.3 Å². The van der Waals surface area contributed by atoms with Gasteiger partial charge < -0.3 is 0 Å². The van der Waals surface area contributed by atoms with Crippen LogP contribution in [0, 0.1) is 10.1 Å². The minimum absolute atomic E-state index is 0.178. The van der Waals surface area contributed by atoms with Crippen molar-refractivity contribution in [3.05, 3.63) is 63.2 Å². The monoisotopic (exact) mass is 472 g/mol. The SMILES string of the molecule is CCS(=O)(=O)N(c1cccc(C(F)(F)F)c1)S(=O)(=O)c1ccc(Cl)c([N+](=O)[O-])c1. The molecule has 0 heterocycles. The highest BCUT2D eigenvalue weighted by molar-refractivity contribution is 8.10. The normalized spacial score (nSPS) is 12.6. The maximum Gasteiger partial charge on any atom is 0.416 e. The van der Waals surface area contributed by atoms with Gasteiger partial charge in [-0.2, -0.15) is 16.9 Å². The average Bonchev–Trinajstić information content (AvgIpc) is 2.60. The van der Waals surface area contributed by atoms with E-state index in [0.717, 1.165) is 31.2 Å². The number of anilines is 1. The Bertz CT molecular complexity index is 1170.